The molecule has 0 fully saturated rings. The van der Waals surface area contributed by atoms with E-state index in [1.165, 1.54) is 12.2 Å². The van der Waals surface area contributed by atoms with Gasteiger partial charge in [0.25, 0.3) is 5.91 Å². The first-order valence-corrected chi connectivity index (χ1v) is 3.45. The molecule has 0 aliphatic heterocycles. The highest BCUT2D eigenvalue weighted by Gasteiger charge is 2.67. The van der Waals surface area contributed by atoms with Gasteiger partial charge in [-0.05, 0) is 6.92 Å². The van der Waals surface area contributed by atoms with Crippen LogP contribution < -0.4 is 5.32 Å². The van der Waals surface area contributed by atoms with Crippen LogP contribution in [0.5, 0.6) is 0 Å². The third kappa shape index (κ3) is 1.94. The zero-order valence-corrected chi connectivity index (χ0v) is 6.98. The summed E-state index contributed by atoms with van der Waals surface area (Å²) in [6.07, 6.45) is 0. The summed E-state index contributed by atoms with van der Waals surface area (Å²) in [4.78, 5) is 20.2. The smallest absolute Gasteiger partial charge is 0.413 e. The average molecular weight is 217 g/mol. The van der Waals surface area contributed by atoms with Gasteiger partial charge in [0.2, 0.25) is 0 Å². The SMILES string of the molecule is CCNC(=O)C(F)(F)C(F)(F)C(=O)O. The van der Waals surface area contributed by atoms with Gasteiger partial charge in [0.05, 0.1) is 0 Å². The molecule has 0 saturated carbocycles. The Morgan fingerprint density at radius 1 is 1.21 bits per heavy atom. The summed E-state index contributed by atoms with van der Waals surface area (Å²) >= 11 is 0. The Hall–Kier alpha value is -1.34. The quantitative estimate of drug-likeness (QED) is 0.673. The fourth-order valence-corrected chi connectivity index (χ4v) is 0.548. The molecule has 0 unspecified atom stereocenters. The second-order valence-electron chi connectivity index (χ2n) is 2.31. The molecule has 8 heteroatoms. The summed E-state index contributed by atoms with van der Waals surface area (Å²) in [5.41, 5.74) is 0. The molecule has 0 rings (SSSR count). The normalized spacial score (nSPS) is 12.4. The van der Waals surface area contributed by atoms with Gasteiger partial charge in [0.1, 0.15) is 0 Å². The van der Waals surface area contributed by atoms with Crippen LogP contribution in [0, 0.1) is 0 Å². The summed E-state index contributed by atoms with van der Waals surface area (Å²) in [6.45, 7) is 0.928. The summed E-state index contributed by atoms with van der Waals surface area (Å²) in [6, 6.07) is 0. The Kier molecular flexibility index (Phi) is 3.44. The molecule has 4 nitrogen and oxygen atoms in total. The molecule has 0 aliphatic rings. The van der Waals surface area contributed by atoms with E-state index in [0.29, 0.717) is 0 Å². The molecule has 0 bridgehead atoms. The van der Waals surface area contributed by atoms with Crippen molar-refractivity contribution in [3.63, 3.8) is 0 Å². The van der Waals surface area contributed by atoms with Crippen LogP contribution in [0.15, 0.2) is 0 Å². The molecule has 0 aromatic rings. The molecule has 0 saturated heterocycles. The minimum absolute atomic E-state index is 0.301. The minimum Gasteiger partial charge on any atom is -0.477 e. The van der Waals surface area contributed by atoms with Crippen LogP contribution in [-0.2, 0) is 9.59 Å². The van der Waals surface area contributed by atoms with E-state index >= 15 is 0 Å². The van der Waals surface area contributed by atoms with Gasteiger partial charge in [-0.15, -0.1) is 0 Å². The second-order valence-corrected chi connectivity index (χ2v) is 2.31. The maximum Gasteiger partial charge on any atom is 0.413 e. The summed E-state index contributed by atoms with van der Waals surface area (Å²) in [5, 5.41) is 9.20. The summed E-state index contributed by atoms with van der Waals surface area (Å²) in [7, 11) is 0. The lowest BCUT2D eigenvalue weighted by Crippen LogP contribution is -2.56. The van der Waals surface area contributed by atoms with Crippen LogP contribution in [0.4, 0.5) is 17.6 Å². The van der Waals surface area contributed by atoms with Crippen LogP contribution in [0.2, 0.25) is 0 Å². The van der Waals surface area contributed by atoms with Gasteiger partial charge in [-0.2, -0.15) is 17.6 Å². The molecule has 2 N–H and O–H groups in total. The molecule has 0 atom stereocenters. The van der Waals surface area contributed by atoms with E-state index in [9.17, 15) is 27.2 Å². The zero-order chi connectivity index (χ0) is 11.6. The van der Waals surface area contributed by atoms with Crippen molar-refractivity contribution < 1.29 is 32.3 Å². The van der Waals surface area contributed by atoms with Gasteiger partial charge < -0.3 is 10.4 Å². The average Bonchev–Trinajstić information content (AvgIpc) is 2.04. The number of hydrogen-bond donors (Lipinski definition) is 2. The molecular formula is C6H7F4NO3. The number of rotatable bonds is 4. The summed E-state index contributed by atoms with van der Waals surface area (Å²) < 4.78 is 49.6. The Morgan fingerprint density at radius 3 is 1.93 bits per heavy atom. The second kappa shape index (κ2) is 3.81. The van der Waals surface area contributed by atoms with E-state index in [4.69, 9.17) is 5.11 Å². The summed E-state index contributed by atoms with van der Waals surface area (Å²) in [5.74, 6) is -16.0. The molecule has 14 heavy (non-hydrogen) atoms. The van der Waals surface area contributed by atoms with Crippen molar-refractivity contribution in [3.8, 4) is 0 Å². The van der Waals surface area contributed by atoms with Gasteiger partial charge in [-0.3, -0.25) is 4.79 Å². The van der Waals surface area contributed by atoms with Crippen LogP contribution in [0.25, 0.3) is 0 Å². The van der Waals surface area contributed by atoms with Crippen molar-refractivity contribution in [1.82, 2.24) is 5.32 Å². The Bertz CT molecular complexity index is 253. The van der Waals surface area contributed by atoms with Crippen molar-refractivity contribution in [2.75, 3.05) is 6.54 Å². The van der Waals surface area contributed by atoms with Gasteiger partial charge in [-0.25, -0.2) is 4.79 Å². The largest absolute Gasteiger partial charge is 0.477 e. The van der Waals surface area contributed by atoms with E-state index in [1.54, 1.807) is 0 Å². The fourth-order valence-electron chi connectivity index (χ4n) is 0.548. The fraction of sp³-hybridized carbons (Fsp3) is 0.667. The van der Waals surface area contributed by atoms with Gasteiger partial charge in [0.15, 0.2) is 0 Å². The van der Waals surface area contributed by atoms with E-state index in [1.807, 2.05) is 0 Å². The lowest BCUT2D eigenvalue weighted by atomic mass is 10.1. The molecular weight excluding hydrogens is 210 g/mol. The molecule has 0 aromatic carbocycles. The van der Waals surface area contributed by atoms with Crippen molar-refractivity contribution in [2.45, 2.75) is 18.8 Å². The molecule has 0 aromatic heterocycles. The van der Waals surface area contributed by atoms with Crippen LogP contribution in [0.1, 0.15) is 6.92 Å². The first-order chi connectivity index (χ1) is 6.17. The molecule has 0 aliphatic carbocycles. The van der Waals surface area contributed by atoms with Crippen molar-refractivity contribution >= 4 is 11.9 Å². The van der Waals surface area contributed by atoms with Gasteiger partial charge in [0, 0.05) is 6.54 Å². The predicted octanol–water partition coefficient (Wildman–Crippen LogP) is 0.478. The third-order valence-corrected chi connectivity index (χ3v) is 1.29. The topological polar surface area (TPSA) is 66.4 Å². The van der Waals surface area contributed by atoms with E-state index in [-0.39, 0.29) is 6.54 Å². The van der Waals surface area contributed by atoms with Crippen LogP contribution >= 0.6 is 0 Å². The number of hydrogen-bond acceptors (Lipinski definition) is 2. The number of carbonyl (C=O) groups excluding carboxylic acids is 1. The van der Waals surface area contributed by atoms with Crippen LogP contribution in [-0.4, -0.2) is 35.4 Å². The lowest BCUT2D eigenvalue weighted by Gasteiger charge is -2.21. The maximum atomic E-state index is 12.5. The monoisotopic (exact) mass is 217 g/mol. The minimum atomic E-state index is -5.41. The van der Waals surface area contributed by atoms with Crippen molar-refractivity contribution in [2.24, 2.45) is 0 Å². The highest BCUT2D eigenvalue weighted by atomic mass is 19.3. The molecule has 1 amide bonds. The predicted molar refractivity (Wildman–Crippen MR) is 36.2 cm³/mol. The van der Waals surface area contributed by atoms with Gasteiger partial charge in [-0.1, -0.05) is 0 Å². The number of alkyl halides is 4. The van der Waals surface area contributed by atoms with E-state index in [0.717, 1.165) is 0 Å². The third-order valence-electron chi connectivity index (χ3n) is 1.29. The highest BCUT2D eigenvalue weighted by Crippen LogP contribution is 2.34. The molecule has 0 radical (unpaired) electrons. The van der Waals surface area contributed by atoms with Crippen molar-refractivity contribution in [1.29, 1.82) is 0 Å². The van der Waals surface area contributed by atoms with Gasteiger partial charge >= 0.3 is 17.8 Å². The van der Waals surface area contributed by atoms with E-state index < -0.39 is 23.7 Å². The zero-order valence-electron chi connectivity index (χ0n) is 6.98. The molecule has 82 valence electrons. The Labute approximate surface area is 75.9 Å². The standard InChI is InChI=1S/C6H7F4NO3/c1-2-11-3(12)5(7,8)6(9,10)4(13)14/h2H2,1H3,(H,11,12)(H,13,14). The number of aliphatic carboxylic acids is 1. The number of carbonyl (C=O) groups is 2. The maximum absolute atomic E-state index is 12.5. The first kappa shape index (κ1) is 12.7. The van der Waals surface area contributed by atoms with E-state index in [2.05, 4.69) is 0 Å². The number of nitrogens with one attached hydrogen (secondary N) is 1. The molecule has 0 heterocycles. The first-order valence-electron chi connectivity index (χ1n) is 3.45. The molecule has 0 spiro atoms. The van der Waals surface area contributed by atoms with Crippen LogP contribution in [0.3, 0.4) is 0 Å². The Balaban J connectivity index is 4.94. The highest BCUT2D eigenvalue weighted by molar-refractivity contribution is 5.92. The lowest BCUT2D eigenvalue weighted by molar-refractivity contribution is -0.222. The van der Waals surface area contributed by atoms with Crippen molar-refractivity contribution in [3.05, 3.63) is 0 Å². The number of carboxylic acid groups (broad SMARTS) is 1. The number of halogens is 4. The Morgan fingerprint density at radius 2 is 1.64 bits per heavy atom. The number of carboxylic acids is 1. The number of amides is 1.